The molecule has 0 fully saturated rings. The Hall–Kier alpha value is -2.14. The van der Waals surface area contributed by atoms with Crippen LogP contribution in [-0.2, 0) is 4.74 Å². The minimum Gasteiger partial charge on any atom is -0.475 e. The second-order valence-electron chi connectivity index (χ2n) is 4.58. The Kier molecular flexibility index (Phi) is 4.75. The van der Waals surface area contributed by atoms with Crippen LogP contribution in [0.2, 0.25) is 5.15 Å². The molecule has 0 saturated heterocycles. The van der Waals surface area contributed by atoms with Gasteiger partial charge in [0.05, 0.1) is 24.5 Å². The van der Waals surface area contributed by atoms with E-state index in [9.17, 15) is 4.79 Å². The molecule has 0 spiro atoms. The molecule has 0 radical (unpaired) electrons. The highest BCUT2D eigenvalue weighted by Crippen LogP contribution is 2.23. The van der Waals surface area contributed by atoms with Gasteiger partial charge in [0, 0.05) is 17.8 Å². The summed E-state index contributed by atoms with van der Waals surface area (Å²) in [6.07, 6.45) is 1.71. The highest BCUT2D eigenvalue weighted by Gasteiger charge is 2.13. The van der Waals surface area contributed by atoms with Gasteiger partial charge in [0.1, 0.15) is 5.15 Å². The van der Waals surface area contributed by atoms with E-state index in [0.29, 0.717) is 11.6 Å². The molecule has 0 atom stereocenters. The lowest BCUT2D eigenvalue weighted by Crippen LogP contribution is -2.06. The summed E-state index contributed by atoms with van der Waals surface area (Å²) in [5, 5.41) is 0.0989. The molecule has 2 rings (SSSR count). The molecule has 0 N–H and O–H groups in total. The third kappa shape index (κ3) is 3.70. The fraction of sp³-hybridized carbons (Fsp3) is 0.267. The largest absolute Gasteiger partial charge is 0.475 e. The van der Waals surface area contributed by atoms with Crippen molar-refractivity contribution < 1.29 is 14.3 Å². The van der Waals surface area contributed by atoms with Crippen LogP contribution in [0.5, 0.6) is 5.88 Å². The van der Waals surface area contributed by atoms with Crippen molar-refractivity contribution in [3.63, 3.8) is 0 Å². The first kappa shape index (κ1) is 15.3. The summed E-state index contributed by atoms with van der Waals surface area (Å²) in [5.41, 5.74) is 1.64. The quantitative estimate of drug-likeness (QED) is 0.640. The molecular weight excluding hydrogens is 292 g/mol. The van der Waals surface area contributed by atoms with Gasteiger partial charge in [0.2, 0.25) is 5.88 Å². The number of halogens is 1. The number of ether oxygens (including phenoxy) is 2. The Morgan fingerprint density at radius 2 is 2.00 bits per heavy atom. The fourth-order valence-corrected chi connectivity index (χ4v) is 1.93. The second kappa shape index (κ2) is 6.54. The van der Waals surface area contributed by atoms with Gasteiger partial charge in [-0.2, -0.15) is 0 Å². The van der Waals surface area contributed by atoms with Crippen molar-refractivity contribution in [1.82, 2.24) is 9.97 Å². The third-order valence-corrected chi connectivity index (χ3v) is 2.93. The summed E-state index contributed by atoms with van der Waals surface area (Å²) in [7, 11) is 1.30. The average molecular weight is 307 g/mol. The molecule has 110 valence electrons. The van der Waals surface area contributed by atoms with Gasteiger partial charge >= 0.3 is 5.97 Å². The minimum absolute atomic E-state index is 0.0651. The van der Waals surface area contributed by atoms with Crippen LogP contribution in [0, 0.1) is 0 Å². The lowest BCUT2D eigenvalue weighted by Gasteiger charge is -2.09. The summed E-state index contributed by atoms with van der Waals surface area (Å²) in [6, 6.07) is 6.87. The highest BCUT2D eigenvalue weighted by molar-refractivity contribution is 6.32. The van der Waals surface area contributed by atoms with Gasteiger partial charge in [-0.25, -0.2) is 14.8 Å². The Bertz CT molecular complexity index is 642. The Morgan fingerprint density at radius 3 is 2.52 bits per heavy atom. The zero-order chi connectivity index (χ0) is 15.4. The van der Waals surface area contributed by atoms with Crippen molar-refractivity contribution >= 4 is 17.6 Å². The standard InChI is InChI=1S/C15H15ClN2O3/c1-9(2)21-13-7-4-10(8-17-13)12-6-5-11(14(16)18-12)15(19)20-3/h4-9H,1-3H3. The summed E-state index contributed by atoms with van der Waals surface area (Å²) < 4.78 is 10.1. The zero-order valence-corrected chi connectivity index (χ0v) is 12.7. The molecule has 2 heterocycles. The summed E-state index contributed by atoms with van der Waals surface area (Å²) in [5.74, 6) is 0.0314. The van der Waals surface area contributed by atoms with E-state index >= 15 is 0 Å². The lowest BCUT2D eigenvalue weighted by molar-refractivity contribution is 0.0600. The van der Waals surface area contributed by atoms with E-state index in [0.717, 1.165) is 5.56 Å². The van der Waals surface area contributed by atoms with Crippen LogP contribution in [0.15, 0.2) is 30.5 Å². The van der Waals surface area contributed by atoms with Gasteiger partial charge < -0.3 is 9.47 Å². The van der Waals surface area contributed by atoms with E-state index in [1.165, 1.54) is 7.11 Å². The maximum Gasteiger partial charge on any atom is 0.341 e. The van der Waals surface area contributed by atoms with Crippen molar-refractivity contribution in [1.29, 1.82) is 0 Å². The van der Waals surface area contributed by atoms with Gasteiger partial charge in [-0.15, -0.1) is 0 Å². The molecule has 21 heavy (non-hydrogen) atoms. The third-order valence-electron chi connectivity index (χ3n) is 2.64. The van der Waals surface area contributed by atoms with Gasteiger partial charge in [-0.05, 0) is 32.0 Å². The van der Waals surface area contributed by atoms with Gasteiger partial charge in [0.25, 0.3) is 0 Å². The highest BCUT2D eigenvalue weighted by atomic mass is 35.5. The number of esters is 1. The van der Waals surface area contributed by atoms with E-state index in [4.69, 9.17) is 16.3 Å². The molecule has 2 aromatic heterocycles. The fourth-order valence-electron chi connectivity index (χ4n) is 1.70. The van der Waals surface area contributed by atoms with Crippen molar-refractivity contribution in [2.75, 3.05) is 7.11 Å². The van der Waals surface area contributed by atoms with Crippen molar-refractivity contribution in [2.45, 2.75) is 20.0 Å². The van der Waals surface area contributed by atoms with Gasteiger partial charge in [-0.1, -0.05) is 11.6 Å². The topological polar surface area (TPSA) is 61.3 Å². The Balaban J connectivity index is 2.26. The molecule has 2 aromatic rings. The lowest BCUT2D eigenvalue weighted by atomic mass is 10.1. The van der Waals surface area contributed by atoms with Gasteiger partial charge in [0.15, 0.2) is 0 Å². The number of rotatable bonds is 4. The number of pyridine rings is 2. The first-order chi connectivity index (χ1) is 10.0. The molecule has 0 aromatic carbocycles. The molecule has 0 amide bonds. The monoisotopic (exact) mass is 306 g/mol. The molecule has 5 nitrogen and oxygen atoms in total. The SMILES string of the molecule is COC(=O)c1ccc(-c2ccc(OC(C)C)nc2)nc1Cl. The van der Waals surface area contributed by atoms with Crippen LogP contribution in [0.4, 0.5) is 0 Å². The van der Waals surface area contributed by atoms with Crippen LogP contribution < -0.4 is 4.74 Å². The number of hydrogen-bond donors (Lipinski definition) is 0. The first-order valence-electron chi connectivity index (χ1n) is 6.39. The maximum absolute atomic E-state index is 11.5. The number of methoxy groups -OCH3 is 1. The molecule has 0 aliphatic rings. The number of nitrogens with zero attached hydrogens (tertiary/aromatic N) is 2. The predicted octanol–water partition coefficient (Wildman–Crippen LogP) is 3.37. The first-order valence-corrected chi connectivity index (χ1v) is 6.77. The van der Waals surface area contributed by atoms with E-state index < -0.39 is 5.97 Å². The van der Waals surface area contributed by atoms with Crippen LogP contribution in [0.1, 0.15) is 24.2 Å². The van der Waals surface area contributed by atoms with Crippen molar-refractivity contribution in [2.24, 2.45) is 0 Å². The second-order valence-corrected chi connectivity index (χ2v) is 4.94. The van der Waals surface area contributed by atoms with Crippen molar-refractivity contribution in [3.8, 4) is 17.1 Å². The van der Waals surface area contributed by atoms with Crippen LogP contribution >= 0.6 is 11.6 Å². The number of aromatic nitrogens is 2. The zero-order valence-electron chi connectivity index (χ0n) is 12.0. The Morgan fingerprint density at radius 1 is 1.24 bits per heavy atom. The van der Waals surface area contributed by atoms with Crippen LogP contribution in [0.3, 0.4) is 0 Å². The molecule has 0 saturated carbocycles. The molecule has 0 aliphatic heterocycles. The van der Waals surface area contributed by atoms with E-state index in [1.54, 1.807) is 24.4 Å². The predicted molar refractivity (Wildman–Crippen MR) is 79.6 cm³/mol. The number of carbonyl (C=O) groups is 1. The van der Waals surface area contributed by atoms with E-state index in [2.05, 4.69) is 14.7 Å². The average Bonchev–Trinajstić information content (AvgIpc) is 2.46. The number of hydrogen-bond acceptors (Lipinski definition) is 5. The molecule has 0 unspecified atom stereocenters. The van der Waals surface area contributed by atoms with E-state index in [-0.39, 0.29) is 16.8 Å². The Labute approximate surface area is 127 Å². The smallest absolute Gasteiger partial charge is 0.341 e. The molecular formula is C15H15ClN2O3. The van der Waals surface area contributed by atoms with Crippen LogP contribution in [-0.4, -0.2) is 29.2 Å². The molecule has 0 aliphatic carbocycles. The molecule has 0 bridgehead atoms. The maximum atomic E-state index is 11.5. The minimum atomic E-state index is -0.516. The van der Waals surface area contributed by atoms with Gasteiger partial charge in [-0.3, -0.25) is 0 Å². The van der Waals surface area contributed by atoms with E-state index in [1.807, 2.05) is 19.9 Å². The van der Waals surface area contributed by atoms with Crippen LogP contribution in [0.25, 0.3) is 11.3 Å². The van der Waals surface area contributed by atoms with Crippen molar-refractivity contribution in [3.05, 3.63) is 41.2 Å². The number of carbonyl (C=O) groups excluding carboxylic acids is 1. The summed E-state index contributed by atoms with van der Waals surface area (Å²) >= 11 is 6.00. The molecule has 6 heteroatoms. The normalized spacial score (nSPS) is 10.5. The summed E-state index contributed by atoms with van der Waals surface area (Å²) in [4.78, 5) is 19.8. The summed E-state index contributed by atoms with van der Waals surface area (Å²) in [6.45, 7) is 3.87.